The second-order valence-electron chi connectivity index (χ2n) is 6.10. The van der Waals surface area contributed by atoms with Crippen LogP contribution in [-0.2, 0) is 14.8 Å². The number of sulfonamides is 1. The van der Waals surface area contributed by atoms with Crippen molar-refractivity contribution in [2.45, 2.75) is 23.8 Å². The lowest BCUT2D eigenvalue weighted by Crippen LogP contribution is -2.41. The minimum atomic E-state index is -4.17. The van der Waals surface area contributed by atoms with Crippen LogP contribution in [0.4, 0.5) is 5.69 Å². The Kier molecular flexibility index (Phi) is 5.83. The maximum atomic E-state index is 13.4. The van der Waals surface area contributed by atoms with Crippen molar-refractivity contribution in [3.8, 4) is 5.75 Å². The smallest absolute Gasteiger partial charge is 0.266 e. The topological polar surface area (TPSA) is 75.7 Å². The molecule has 0 bridgehead atoms. The van der Waals surface area contributed by atoms with Gasteiger partial charge in [0.25, 0.3) is 10.0 Å². The molecule has 1 saturated carbocycles. The van der Waals surface area contributed by atoms with Crippen LogP contribution in [-0.4, -0.2) is 34.0 Å². The first-order valence-corrected chi connectivity index (χ1v) is 10.4. The maximum Gasteiger partial charge on any atom is 0.266 e. The number of hydrogen-bond donors (Lipinski definition) is 1. The Morgan fingerprint density at radius 1 is 1.22 bits per heavy atom. The fraction of sp³-hybridized carbons (Fsp3) is 0.278. The van der Waals surface area contributed by atoms with E-state index in [9.17, 15) is 13.2 Å². The summed E-state index contributed by atoms with van der Waals surface area (Å²) in [5, 5.41) is 3.03. The monoisotopic (exact) mass is 428 g/mol. The first-order valence-electron chi connectivity index (χ1n) is 8.23. The van der Waals surface area contributed by atoms with Gasteiger partial charge in [0.1, 0.15) is 17.2 Å². The molecule has 1 aliphatic rings. The van der Waals surface area contributed by atoms with Gasteiger partial charge >= 0.3 is 0 Å². The van der Waals surface area contributed by atoms with Crippen molar-refractivity contribution in [2.24, 2.45) is 0 Å². The van der Waals surface area contributed by atoms with Gasteiger partial charge in [0.2, 0.25) is 5.91 Å². The van der Waals surface area contributed by atoms with Crippen molar-refractivity contribution in [3.05, 3.63) is 52.5 Å². The molecule has 144 valence electrons. The van der Waals surface area contributed by atoms with E-state index in [0.717, 1.165) is 17.1 Å². The quantitative estimate of drug-likeness (QED) is 0.732. The number of methoxy groups -OCH3 is 1. The largest absolute Gasteiger partial charge is 0.495 e. The molecule has 0 unspecified atom stereocenters. The van der Waals surface area contributed by atoms with E-state index in [2.05, 4.69) is 5.32 Å². The molecular formula is C18H18Cl2N2O4S. The third-order valence-electron chi connectivity index (χ3n) is 4.04. The van der Waals surface area contributed by atoms with Crippen molar-refractivity contribution >= 4 is 44.8 Å². The standard InChI is InChI=1S/C18H18Cl2N2O4S/c1-26-16-5-3-2-4-15(16)22(11-18(23)21-13-7-8-13)27(24,25)17-10-12(19)6-9-14(17)20/h2-6,9-10,13H,7-8,11H2,1H3,(H,21,23). The number of hydrogen-bond acceptors (Lipinski definition) is 4. The van der Waals surface area contributed by atoms with Crippen molar-refractivity contribution < 1.29 is 17.9 Å². The Morgan fingerprint density at radius 3 is 2.59 bits per heavy atom. The van der Waals surface area contributed by atoms with Crippen LogP contribution in [0.25, 0.3) is 0 Å². The molecule has 2 aromatic rings. The number of amides is 1. The molecule has 0 heterocycles. The van der Waals surface area contributed by atoms with Crippen molar-refractivity contribution in [2.75, 3.05) is 18.0 Å². The molecule has 0 aromatic heterocycles. The first-order chi connectivity index (χ1) is 12.8. The van der Waals surface area contributed by atoms with Gasteiger partial charge < -0.3 is 10.1 Å². The number of nitrogens with zero attached hydrogens (tertiary/aromatic N) is 1. The summed E-state index contributed by atoms with van der Waals surface area (Å²) in [6, 6.07) is 10.8. The lowest BCUT2D eigenvalue weighted by molar-refractivity contribution is -0.119. The summed E-state index contributed by atoms with van der Waals surface area (Å²) in [6.07, 6.45) is 1.79. The van der Waals surface area contributed by atoms with Gasteiger partial charge in [-0.15, -0.1) is 0 Å². The Hall–Kier alpha value is -1.96. The van der Waals surface area contributed by atoms with Crippen LogP contribution in [0.2, 0.25) is 10.0 Å². The highest BCUT2D eigenvalue weighted by Crippen LogP contribution is 2.35. The lowest BCUT2D eigenvalue weighted by atomic mass is 10.3. The molecule has 1 amide bonds. The third kappa shape index (κ3) is 4.48. The Bertz CT molecular complexity index is 962. The summed E-state index contributed by atoms with van der Waals surface area (Å²) in [7, 11) is -2.74. The number of carbonyl (C=O) groups excluding carboxylic acids is 1. The van der Waals surface area contributed by atoms with E-state index >= 15 is 0 Å². The van der Waals surface area contributed by atoms with Crippen molar-refractivity contribution in [1.82, 2.24) is 5.32 Å². The van der Waals surface area contributed by atoms with E-state index in [1.54, 1.807) is 24.3 Å². The molecule has 0 saturated heterocycles. The molecule has 0 atom stereocenters. The maximum absolute atomic E-state index is 13.4. The number of halogens is 2. The number of benzene rings is 2. The number of carbonyl (C=O) groups is 1. The van der Waals surface area contributed by atoms with Gasteiger partial charge in [0, 0.05) is 11.1 Å². The zero-order valence-electron chi connectivity index (χ0n) is 14.5. The van der Waals surface area contributed by atoms with Gasteiger partial charge in [0.15, 0.2) is 0 Å². The molecular weight excluding hydrogens is 411 g/mol. The Balaban J connectivity index is 2.07. The summed E-state index contributed by atoms with van der Waals surface area (Å²) < 4.78 is 33.0. The molecule has 6 nitrogen and oxygen atoms in total. The number of ether oxygens (including phenoxy) is 1. The van der Waals surface area contributed by atoms with Crippen LogP contribution in [0.5, 0.6) is 5.75 Å². The highest BCUT2D eigenvalue weighted by Gasteiger charge is 2.32. The molecule has 2 aromatic carbocycles. The zero-order chi connectivity index (χ0) is 19.6. The molecule has 0 aliphatic heterocycles. The van der Waals surface area contributed by atoms with E-state index in [1.807, 2.05) is 0 Å². The molecule has 3 rings (SSSR count). The molecule has 27 heavy (non-hydrogen) atoms. The highest BCUT2D eigenvalue weighted by molar-refractivity contribution is 7.93. The normalized spacial score (nSPS) is 13.9. The van der Waals surface area contributed by atoms with Gasteiger partial charge in [-0.25, -0.2) is 8.42 Å². The van der Waals surface area contributed by atoms with Gasteiger partial charge in [-0.3, -0.25) is 9.10 Å². The SMILES string of the molecule is COc1ccccc1N(CC(=O)NC1CC1)S(=O)(=O)c1cc(Cl)ccc1Cl. The average molecular weight is 429 g/mol. The molecule has 9 heteroatoms. The third-order valence-corrected chi connectivity index (χ3v) is 6.52. The van der Waals surface area contributed by atoms with Gasteiger partial charge in [0.05, 0.1) is 17.8 Å². The van der Waals surface area contributed by atoms with Crippen LogP contribution in [0.1, 0.15) is 12.8 Å². The first kappa shape index (κ1) is 19.8. The Labute approximate surface area is 168 Å². The summed E-state index contributed by atoms with van der Waals surface area (Å²) in [5.74, 6) is -0.0800. The molecule has 1 aliphatic carbocycles. The summed E-state index contributed by atoms with van der Waals surface area (Å²) in [4.78, 5) is 12.2. The molecule has 0 radical (unpaired) electrons. The second-order valence-corrected chi connectivity index (χ2v) is 8.77. The summed E-state index contributed by atoms with van der Waals surface area (Å²) >= 11 is 12.1. The second kappa shape index (κ2) is 7.96. The van der Waals surface area contributed by atoms with E-state index in [4.69, 9.17) is 27.9 Å². The molecule has 1 N–H and O–H groups in total. The minimum Gasteiger partial charge on any atom is -0.495 e. The highest BCUT2D eigenvalue weighted by atomic mass is 35.5. The fourth-order valence-corrected chi connectivity index (χ4v) is 4.73. The summed E-state index contributed by atoms with van der Waals surface area (Å²) in [5.41, 5.74) is 0.238. The fourth-order valence-electron chi connectivity index (χ4n) is 2.56. The lowest BCUT2D eigenvalue weighted by Gasteiger charge is -2.26. The van der Waals surface area contributed by atoms with Crippen LogP contribution in [0.15, 0.2) is 47.4 Å². The van der Waals surface area contributed by atoms with Crippen LogP contribution < -0.4 is 14.4 Å². The van der Waals surface area contributed by atoms with Gasteiger partial charge in [-0.2, -0.15) is 0 Å². The number of anilines is 1. The molecule has 0 spiro atoms. The minimum absolute atomic E-state index is 0.0156. The van der Waals surface area contributed by atoms with Crippen LogP contribution in [0.3, 0.4) is 0 Å². The van der Waals surface area contributed by atoms with Gasteiger partial charge in [-0.1, -0.05) is 35.3 Å². The van der Waals surface area contributed by atoms with Crippen LogP contribution in [0, 0.1) is 0 Å². The van der Waals surface area contributed by atoms with Crippen LogP contribution >= 0.6 is 23.2 Å². The van der Waals surface area contributed by atoms with Crippen molar-refractivity contribution in [1.29, 1.82) is 0 Å². The average Bonchev–Trinajstić information content (AvgIpc) is 3.45. The number of rotatable bonds is 7. The number of nitrogens with one attached hydrogen (secondary N) is 1. The summed E-state index contributed by atoms with van der Waals surface area (Å²) in [6.45, 7) is -0.401. The number of para-hydroxylation sites is 2. The van der Waals surface area contributed by atoms with E-state index in [-0.39, 0.29) is 26.7 Å². The van der Waals surface area contributed by atoms with E-state index < -0.39 is 22.5 Å². The van der Waals surface area contributed by atoms with Crippen molar-refractivity contribution in [3.63, 3.8) is 0 Å². The van der Waals surface area contributed by atoms with Gasteiger partial charge in [-0.05, 0) is 43.2 Å². The molecule has 1 fully saturated rings. The predicted molar refractivity (Wildman–Crippen MR) is 105 cm³/mol. The van der Waals surface area contributed by atoms with E-state index in [1.165, 1.54) is 25.3 Å². The zero-order valence-corrected chi connectivity index (χ0v) is 16.8. The van der Waals surface area contributed by atoms with E-state index in [0.29, 0.717) is 5.75 Å². The Morgan fingerprint density at radius 2 is 1.93 bits per heavy atom. The predicted octanol–water partition coefficient (Wildman–Crippen LogP) is 3.48.